The lowest BCUT2D eigenvalue weighted by Crippen LogP contribution is -2.27. The Balaban J connectivity index is 1.64. The first-order valence-electron chi connectivity index (χ1n) is 9.64. The normalized spacial score (nSPS) is 12.7. The molecule has 0 saturated carbocycles. The molecule has 2 heterocycles. The topological polar surface area (TPSA) is 79.3 Å². The maximum atomic E-state index is 13.3. The maximum Gasteiger partial charge on any atom is 0.270 e. The van der Waals surface area contributed by atoms with Gasteiger partial charge in [-0.15, -0.1) is 0 Å². The van der Waals surface area contributed by atoms with Gasteiger partial charge in [0.05, 0.1) is 17.9 Å². The third-order valence-electron chi connectivity index (χ3n) is 4.53. The van der Waals surface area contributed by atoms with Crippen LogP contribution in [0.25, 0.3) is 0 Å². The molecule has 0 fully saturated rings. The molecule has 1 unspecified atom stereocenters. The number of aliphatic imine (C=N–C) groups is 1. The van der Waals surface area contributed by atoms with Gasteiger partial charge in [-0.3, -0.25) is 9.79 Å². The summed E-state index contributed by atoms with van der Waals surface area (Å²) in [6.07, 6.45) is 4.92. The predicted octanol–water partition coefficient (Wildman–Crippen LogP) is 5.92. The summed E-state index contributed by atoms with van der Waals surface area (Å²) in [5.74, 6) is -3.17. The van der Waals surface area contributed by atoms with Crippen LogP contribution in [0.2, 0.25) is 0 Å². The summed E-state index contributed by atoms with van der Waals surface area (Å²) in [4.78, 5) is 26.1. The molecule has 2 N–H and O–H groups in total. The quantitative estimate of drug-likeness (QED) is 0.445. The van der Waals surface area contributed by atoms with Gasteiger partial charge in [0.25, 0.3) is 11.8 Å². The monoisotopic (exact) mass is 443 g/mol. The lowest BCUT2D eigenvalue weighted by atomic mass is 10.1. The minimum absolute atomic E-state index is 0.0485. The largest absolute Gasteiger partial charge is 0.343 e. The van der Waals surface area contributed by atoms with Crippen molar-refractivity contribution in [3.8, 4) is 0 Å². The number of rotatable bonds is 7. The Morgan fingerprint density at radius 2 is 1.94 bits per heavy atom. The van der Waals surface area contributed by atoms with E-state index in [2.05, 4.69) is 25.6 Å². The van der Waals surface area contributed by atoms with Gasteiger partial charge in [-0.2, -0.15) is 0 Å². The molecule has 9 heteroatoms. The molecule has 0 saturated heterocycles. The Morgan fingerprint density at radius 3 is 2.55 bits per heavy atom. The second kappa shape index (κ2) is 9.30. The van der Waals surface area contributed by atoms with Gasteiger partial charge in [-0.1, -0.05) is 23.5 Å². The smallest absolute Gasteiger partial charge is 0.270 e. The van der Waals surface area contributed by atoms with Crippen molar-refractivity contribution in [2.24, 2.45) is 4.99 Å². The van der Waals surface area contributed by atoms with E-state index < -0.39 is 5.92 Å². The van der Waals surface area contributed by atoms with E-state index in [4.69, 9.17) is 0 Å². The van der Waals surface area contributed by atoms with Crippen molar-refractivity contribution in [2.45, 2.75) is 39.7 Å². The van der Waals surface area contributed by atoms with Crippen LogP contribution in [0.4, 0.5) is 25.3 Å². The second-order valence-corrected chi connectivity index (χ2v) is 8.16. The highest BCUT2D eigenvalue weighted by atomic mass is 32.1. The SMILES string of the molecule is CC=Nc1cnc(C(=O)NC(C)c2cnc(Nc3ccc(C(C)(F)F)cc3)s2)cc1C. The molecule has 0 radical (unpaired) electrons. The highest BCUT2D eigenvalue weighted by Crippen LogP contribution is 2.30. The third-order valence-corrected chi connectivity index (χ3v) is 5.62. The Morgan fingerprint density at radius 1 is 1.23 bits per heavy atom. The van der Waals surface area contributed by atoms with Crippen molar-refractivity contribution in [3.05, 3.63) is 64.4 Å². The molecule has 6 nitrogen and oxygen atoms in total. The zero-order chi connectivity index (χ0) is 22.6. The number of hydrogen-bond acceptors (Lipinski definition) is 6. The van der Waals surface area contributed by atoms with Gasteiger partial charge in [0.15, 0.2) is 5.13 Å². The fourth-order valence-corrected chi connectivity index (χ4v) is 3.64. The molecule has 31 heavy (non-hydrogen) atoms. The predicted molar refractivity (Wildman–Crippen MR) is 120 cm³/mol. The molecule has 1 aromatic carbocycles. The standard InChI is InChI=1S/C22H23F2N5OS/c1-5-25-18-11-26-17(10-13(18)2)20(30)28-14(3)19-12-27-21(31-19)29-16-8-6-15(7-9-16)22(4,23)24/h5-12,14H,1-4H3,(H,27,29)(H,28,30). The average molecular weight is 444 g/mol. The van der Waals surface area contributed by atoms with Gasteiger partial charge in [-0.05, 0) is 44.5 Å². The highest BCUT2D eigenvalue weighted by Gasteiger charge is 2.23. The van der Waals surface area contributed by atoms with Gasteiger partial charge >= 0.3 is 0 Å². The molecule has 3 aromatic rings. The number of amides is 1. The Labute approximate surface area is 183 Å². The van der Waals surface area contributed by atoms with E-state index >= 15 is 0 Å². The number of nitrogens with zero attached hydrogens (tertiary/aromatic N) is 3. The lowest BCUT2D eigenvalue weighted by molar-refractivity contribution is 0.0175. The maximum absolute atomic E-state index is 13.3. The number of aryl methyl sites for hydroxylation is 1. The van der Waals surface area contributed by atoms with Crippen LogP contribution in [0.1, 0.15) is 53.3 Å². The third kappa shape index (κ3) is 5.69. The fourth-order valence-electron chi connectivity index (χ4n) is 2.80. The average Bonchev–Trinajstić information content (AvgIpc) is 3.18. The molecule has 0 aliphatic rings. The van der Waals surface area contributed by atoms with Crippen molar-refractivity contribution >= 4 is 40.0 Å². The number of benzene rings is 1. The number of carbonyl (C=O) groups excluding carboxylic acids is 1. The first-order valence-corrected chi connectivity index (χ1v) is 10.5. The summed E-state index contributed by atoms with van der Waals surface area (Å²) in [6.45, 7) is 6.41. The summed E-state index contributed by atoms with van der Waals surface area (Å²) in [6, 6.07) is 7.35. The molecular formula is C22H23F2N5OS. The minimum atomic E-state index is -2.88. The second-order valence-electron chi connectivity index (χ2n) is 7.10. The van der Waals surface area contributed by atoms with Gasteiger partial charge in [-0.25, -0.2) is 18.7 Å². The number of anilines is 2. The first kappa shape index (κ1) is 22.5. The molecule has 0 aliphatic carbocycles. The van der Waals surface area contributed by atoms with E-state index in [-0.39, 0.29) is 17.5 Å². The molecular weight excluding hydrogens is 420 g/mol. The molecule has 1 amide bonds. The zero-order valence-electron chi connectivity index (χ0n) is 17.6. The number of thiazole rings is 1. The number of halogens is 2. The fraction of sp³-hybridized carbons (Fsp3) is 0.273. The number of nitrogens with one attached hydrogen (secondary N) is 2. The Kier molecular flexibility index (Phi) is 6.74. The summed E-state index contributed by atoms with van der Waals surface area (Å²) in [7, 11) is 0. The van der Waals surface area contributed by atoms with E-state index in [1.165, 1.54) is 23.5 Å². The van der Waals surface area contributed by atoms with Crippen LogP contribution in [0.5, 0.6) is 0 Å². The summed E-state index contributed by atoms with van der Waals surface area (Å²) >= 11 is 1.37. The van der Waals surface area contributed by atoms with Gasteiger partial charge in [0.2, 0.25) is 0 Å². The molecule has 0 aliphatic heterocycles. The van der Waals surface area contributed by atoms with Crippen molar-refractivity contribution in [2.75, 3.05) is 5.32 Å². The van der Waals surface area contributed by atoms with Crippen molar-refractivity contribution in [3.63, 3.8) is 0 Å². The molecule has 1 atom stereocenters. The van der Waals surface area contributed by atoms with Crippen LogP contribution in [0.15, 0.2) is 47.7 Å². The van der Waals surface area contributed by atoms with E-state index in [0.717, 1.165) is 23.1 Å². The van der Waals surface area contributed by atoms with Crippen LogP contribution in [-0.2, 0) is 5.92 Å². The van der Waals surface area contributed by atoms with E-state index in [0.29, 0.717) is 16.5 Å². The van der Waals surface area contributed by atoms with Crippen LogP contribution >= 0.6 is 11.3 Å². The van der Waals surface area contributed by atoms with Gasteiger partial charge in [0, 0.05) is 35.5 Å². The molecule has 0 spiro atoms. The van der Waals surface area contributed by atoms with E-state index in [9.17, 15) is 13.6 Å². The molecule has 3 rings (SSSR count). The highest BCUT2D eigenvalue weighted by molar-refractivity contribution is 7.15. The van der Waals surface area contributed by atoms with Crippen LogP contribution in [0.3, 0.4) is 0 Å². The van der Waals surface area contributed by atoms with Crippen molar-refractivity contribution < 1.29 is 13.6 Å². The zero-order valence-corrected chi connectivity index (χ0v) is 18.4. The molecule has 0 bridgehead atoms. The summed E-state index contributed by atoms with van der Waals surface area (Å²) in [5.41, 5.74) is 2.51. The molecule has 2 aromatic heterocycles. The first-order chi connectivity index (χ1) is 14.7. The van der Waals surface area contributed by atoms with Crippen molar-refractivity contribution in [1.82, 2.24) is 15.3 Å². The minimum Gasteiger partial charge on any atom is -0.343 e. The number of hydrogen-bond donors (Lipinski definition) is 2. The van der Waals surface area contributed by atoms with Crippen LogP contribution in [-0.4, -0.2) is 22.1 Å². The number of carbonyl (C=O) groups is 1. The Hall–Kier alpha value is -3.20. The summed E-state index contributed by atoms with van der Waals surface area (Å²) < 4.78 is 26.7. The van der Waals surface area contributed by atoms with Crippen LogP contribution in [0, 0.1) is 6.92 Å². The van der Waals surface area contributed by atoms with E-state index in [1.807, 2.05) is 20.8 Å². The molecule has 162 valence electrons. The Bertz CT molecular complexity index is 1090. The number of pyridine rings is 1. The van der Waals surface area contributed by atoms with Crippen LogP contribution < -0.4 is 10.6 Å². The van der Waals surface area contributed by atoms with E-state index in [1.54, 1.807) is 36.8 Å². The van der Waals surface area contributed by atoms with Gasteiger partial charge in [0.1, 0.15) is 5.69 Å². The summed E-state index contributed by atoms with van der Waals surface area (Å²) in [5, 5.41) is 6.60. The number of alkyl halides is 2. The van der Waals surface area contributed by atoms with Gasteiger partial charge < -0.3 is 10.6 Å². The van der Waals surface area contributed by atoms with Crippen molar-refractivity contribution in [1.29, 1.82) is 0 Å². The number of aromatic nitrogens is 2. The lowest BCUT2D eigenvalue weighted by Gasteiger charge is -2.12.